The van der Waals surface area contributed by atoms with Gasteiger partial charge >= 0.3 is 0 Å². The first-order valence-corrected chi connectivity index (χ1v) is 14.3. The van der Waals surface area contributed by atoms with Gasteiger partial charge in [-0.05, 0) is 87.0 Å². The number of amides is 2. The number of rotatable bonds is 8. The number of halogens is 1. The molecule has 2 bridgehead atoms. The number of carbonyl (C=O) groups is 2. The summed E-state index contributed by atoms with van der Waals surface area (Å²) < 4.78 is 11.8. The lowest BCUT2D eigenvalue weighted by molar-refractivity contribution is -0.128. The third kappa shape index (κ3) is 5.20. The molecule has 2 amide bonds. The number of hydrogen-bond acceptors (Lipinski definition) is 4. The molecule has 0 aromatic heterocycles. The molecular formula is C29H41ClN2O4. The van der Waals surface area contributed by atoms with Gasteiger partial charge in [0, 0.05) is 18.7 Å². The molecule has 4 aliphatic rings. The van der Waals surface area contributed by atoms with Gasteiger partial charge in [-0.25, -0.2) is 0 Å². The molecule has 1 aromatic rings. The van der Waals surface area contributed by atoms with Crippen molar-refractivity contribution in [1.29, 1.82) is 0 Å². The third-order valence-corrected chi connectivity index (χ3v) is 9.82. The van der Waals surface area contributed by atoms with Crippen LogP contribution >= 0.6 is 11.6 Å². The van der Waals surface area contributed by atoms with Crippen LogP contribution in [0.5, 0.6) is 11.5 Å². The number of methoxy groups -OCH3 is 1. The summed E-state index contributed by atoms with van der Waals surface area (Å²) in [7, 11) is 1.54. The fraction of sp³-hybridized carbons (Fsp3) is 0.724. The molecule has 0 spiro atoms. The van der Waals surface area contributed by atoms with E-state index in [-0.39, 0.29) is 35.3 Å². The van der Waals surface area contributed by atoms with Crippen LogP contribution in [0.15, 0.2) is 12.1 Å². The molecule has 4 aliphatic carbocycles. The van der Waals surface area contributed by atoms with Gasteiger partial charge in [0.1, 0.15) is 11.5 Å². The van der Waals surface area contributed by atoms with E-state index < -0.39 is 0 Å². The highest BCUT2D eigenvalue weighted by atomic mass is 35.5. The molecule has 4 fully saturated rings. The van der Waals surface area contributed by atoms with E-state index in [9.17, 15) is 9.59 Å². The monoisotopic (exact) mass is 516 g/mol. The molecule has 4 atom stereocenters. The van der Waals surface area contributed by atoms with Gasteiger partial charge in [0.2, 0.25) is 5.91 Å². The number of benzene rings is 1. The van der Waals surface area contributed by atoms with E-state index in [1.54, 1.807) is 19.2 Å². The number of nitrogens with one attached hydrogen (secondary N) is 2. The van der Waals surface area contributed by atoms with E-state index in [1.165, 1.54) is 19.3 Å². The van der Waals surface area contributed by atoms with E-state index in [2.05, 4.69) is 24.5 Å². The summed E-state index contributed by atoms with van der Waals surface area (Å²) in [6.07, 6.45) is 11.1. The van der Waals surface area contributed by atoms with E-state index >= 15 is 0 Å². The highest BCUT2D eigenvalue weighted by Gasteiger charge is 2.51. The SMILES string of the molecule is COc1cc(Cl)c(O[C@H]2CC[C@H](C)CC2)cc1C(=O)N[C@@H]1[C@H]2CC[C@H](C2)[C@@H]1C(=O)NCC1(C)CCC1. The first-order chi connectivity index (χ1) is 17.3. The lowest BCUT2D eigenvalue weighted by atomic mass is 9.70. The van der Waals surface area contributed by atoms with Gasteiger partial charge in [0.05, 0.1) is 29.7 Å². The lowest BCUT2D eigenvalue weighted by Crippen LogP contribution is -2.51. The van der Waals surface area contributed by atoms with E-state index in [1.807, 2.05) is 0 Å². The van der Waals surface area contributed by atoms with Crippen LogP contribution in [0.3, 0.4) is 0 Å². The van der Waals surface area contributed by atoms with Gasteiger partial charge in [0.15, 0.2) is 0 Å². The molecule has 0 aliphatic heterocycles. The Hall–Kier alpha value is -1.95. The van der Waals surface area contributed by atoms with Crippen LogP contribution in [-0.4, -0.2) is 37.6 Å². The highest BCUT2D eigenvalue weighted by Crippen LogP contribution is 2.49. The van der Waals surface area contributed by atoms with Crippen molar-refractivity contribution in [3.8, 4) is 11.5 Å². The maximum Gasteiger partial charge on any atom is 0.255 e. The maximum atomic E-state index is 13.6. The quantitative estimate of drug-likeness (QED) is 0.460. The van der Waals surface area contributed by atoms with Crippen molar-refractivity contribution >= 4 is 23.4 Å². The van der Waals surface area contributed by atoms with Crippen LogP contribution in [-0.2, 0) is 4.79 Å². The minimum Gasteiger partial charge on any atom is -0.496 e. The molecule has 4 saturated carbocycles. The zero-order chi connectivity index (χ0) is 25.4. The number of ether oxygens (including phenoxy) is 2. The molecule has 2 N–H and O–H groups in total. The maximum absolute atomic E-state index is 13.6. The Labute approximate surface area is 220 Å². The summed E-state index contributed by atoms with van der Waals surface area (Å²) in [5, 5.41) is 6.91. The van der Waals surface area contributed by atoms with E-state index in [4.69, 9.17) is 21.1 Å². The molecule has 0 saturated heterocycles. The molecule has 6 nitrogen and oxygen atoms in total. The van der Waals surface area contributed by atoms with Gasteiger partial charge in [-0.15, -0.1) is 0 Å². The summed E-state index contributed by atoms with van der Waals surface area (Å²) in [5.41, 5.74) is 0.639. The van der Waals surface area contributed by atoms with Crippen molar-refractivity contribution in [2.45, 2.75) is 90.2 Å². The number of fused-ring (bicyclic) bond motifs is 2. The van der Waals surface area contributed by atoms with Crippen molar-refractivity contribution in [2.24, 2.45) is 29.1 Å². The molecule has 1 aromatic carbocycles. The minimum absolute atomic E-state index is 0.0965. The van der Waals surface area contributed by atoms with Crippen LogP contribution in [0.2, 0.25) is 5.02 Å². The summed E-state index contributed by atoms with van der Waals surface area (Å²) in [4.78, 5) is 26.9. The standard InChI is InChI=1S/C29H41ClN2O4/c1-17-5-9-20(10-6-17)36-24-14-21(23(35-3)15-22(24)30)27(33)32-26-19-8-7-18(13-19)25(26)28(34)31-16-29(2)11-4-12-29/h14-15,17-20,25-26H,4-13,16H2,1-3H3,(H,31,34)(H,32,33)/t17-,18-,19+,20-,25+,26-/m1/s1. The summed E-state index contributed by atoms with van der Waals surface area (Å²) in [5.74, 6) is 2.05. The Bertz CT molecular complexity index is 986. The van der Waals surface area contributed by atoms with Crippen molar-refractivity contribution < 1.29 is 19.1 Å². The summed E-state index contributed by atoms with van der Waals surface area (Å²) >= 11 is 6.52. The Kier molecular flexibility index (Phi) is 7.44. The van der Waals surface area contributed by atoms with E-state index in [0.717, 1.165) is 57.4 Å². The first-order valence-electron chi connectivity index (χ1n) is 13.9. The normalized spacial score (nSPS) is 32.4. The average molecular weight is 517 g/mol. The van der Waals surface area contributed by atoms with Crippen molar-refractivity contribution in [2.75, 3.05) is 13.7 Å². The highest BCUT2D eigenvalue weighted by molar-refractivity contribution is 6.32. The zero-order valence-electron chi connectivity index (χ0n) is 21.9. The van der Waals surface area contributed by atoms with Gasteiger partial charge < -0.3 is 20.1 Å². The fourth-order valence-corrected chi connectivity index (χ4v) is 7.18. The van der Waals surface area contributed by atoms with Crippen molar-refractivity contribution in [3.63, 3.8) is 0 Å². The molecular weight excluding hydrogens is 476 g/mol. The first kappa shape index (κ1) is 25.7. The minimum atomic E-state index is -0.230. The van der Waals surface area contributed by atoms with Gasteiger partial charge in [-0.3, -0.25) is 9.59 Å². The predicted octanol–water partition coefficient (Wildman–Crippen LogP) is 5.76. The van der Waals surface area contributed by atoms with Crippen LogP contribution in [0.4, 0.5) is 0 Å². The Morgan fingerprint density at radius 2 is 1.78 bits per heavy atom. The third-order valence-electron chi connectivity index (χ3n) is 9.52. The predicted molar refractivity (Wildman–Crippen MR) is 141 cm³/mol. The van der Waals surface area contributed by atoms with Crippen molar-refractivity contribution in [3.05, 3.63) is 22.7 Å². The van der Waals surface area contributed by atoms with Gasteiger partial charge in [0.25, 0.3) is 5.91 Å². The molecule has 5 rings (SSSR count). The van der Waals surface area contributed by atoms with Gasteiger partial charge in [-0.2, -0.15) is 0 Å². The van der Waals surface area contributed by atoms with Gasteiger partial charge in [-0.1, -0.05) is 31.9 Å². The average Bonchev–Trinajstić information content (AvgIpc) is 3.45. The Morgan fingerprint density at radius 1 is 1.06 bits per heavy atom. The smallest absolute Gasteiger partial charge is 0.255 e. The second-order valence-electron chi connectivity index (χ2n) is 12.2. The van der Waals surface area contributed by atoms with Crippen LogP contribution in [0.1, 0.15) is 88.4 Å². The Balaban J connectivity index is 1.30. The zero-order valence-corrected chi connectivity index (χ0v) is 22.7. The number of hydrogen-bond donors (Lipinski definition) is 2. The molecule has 36 heavy (non-hydrogen) atoms. The Morgan fingerprint density at radius 3 is 2.44 bits per heavy atom. The fourth-order valence-electron chi connectivity index (χ4n) is 6.98. The van der Waals surface area contributed by atoms with E-state index in [0.29, 0.717) is 33.9 Å². The molecule has 198 valence electrons. The second-order valence-corrected chi connectivity index (χ2v) is 12.6. The van der Waals surface area contributed by atoms with Crippen molar-refractivity contribution in [1.82, 2.24) is 10.6 Å². The van der Waals surface area contributed by atoms with Crippen LogP contribution in [0.25, 0.3) is 0 Å². The molecule has 7 heteroatoms. The molecule has 0 heterocycles. The number of carbonyl (C=O) groups excluding carboxylic acids is 2. The largest absolute Gasteiger partial charge is 0.496 e. The summed E-state index contributed by atoms with van der Waals surface area (Å²) in [6.45, 7) is 5.25. The summed E-state index contributed by atoms with van der Waals surface area (Å²) in [6, 6.07) is 3.23. The van der Waals surface area contributed by atoms with Crippen LogP contribution < -0.4 is 20.1 Å². The lowest BCUT2D eigenvalue weighted by Gasteiger charge is -2.39. The second kappa shape index (κ2) is 10.4. The molecule has 0 radical (unpaired) electrons. The van der Waals surface area contributed by atoms with Crippen LogP contribution in [0, 0.1) is 29.1 Å². The topological polar surface area (TPSA) is 76.7 Å². The molecule has 0 unspecified atom stereocenters.